The first kappa shape index (κ1) is 23.2. The standard InChI is InChI=1S/C26H39N3O3/c1-2-28-17-12-22(13-18-28)32-19-9-16-27-23(30)20-29-24(21-10-5-3-6-11-21)26(25(29)31)14-7-4-8-15-26/h3,5-6,10-11,22,24H,2,4,7-9,12-20H2,1H3,(H,27,30). The Kier molecular flexibility index (Phi) is 7.84. The van der Waals surface area contributed by atoms with E-state index < -0.39 is 0 Å². The third-order valence-electron chi connectivity index (χ3n) is 7.68. The molecular weight excluding hydrogens is 402 g/mol. The Balaban J connectivity index is 1.22. The molecule has 2 aliphatic heterocycles. The Hall–Kier alpha value is -1.92. The van der Waals surface area contributed by atoms with Gasteiger partial charge >= 0.3 is 0 Å². The number of amides is 2. The van der Waals surface area contributed by atoms with Gasteiger partial charge in [-0.3, -0.25) is 9.59 Å². The van der Waals surface area contributed by atoms with E-state index in [0.717, 1.165) is 70.1 Å². The van der Waals surface area contributed by atoms with Gasteiger partial charge in [-0.15, -0.1) is 0 Å². The molecule has 0 bridgehead atoms. The van der Waals surface area contributed by atoms with Crippen molar-refractivity contribution in [2.24, 2.45) is 5.41 Å². The average Bonchev–Trinajstić information content (AvgIpc) is 2.85. The summed E-state index contributed by atoms with van der Waals surface area (Å²) in [6.45, 7) is 6.97. The lowest BCUT2D eigenvalue weighted by molar-refractivity contribution is -0.180. The van der Waals surface area contributed by atoms with Gasteiger partial charge in [0.15, 0.2) is 0 Å². The maximum absolute atomic E-state index is 13.2. The van der Waals surface area contributed by atoms with Crippen LogP contribution >= 0.6 is 0 Å². The lowest BCUT2D eigenvalue weighted by Crippen LogP contribution is -2.65. The molecule has 1 N–H and O–H groups in total. The van der Waals surface area contributed by atoms with Crippen LogP contribution in [-0.4, -0.2) is 67.0 Å². The number of β-lactam (4-membered cyclic amide) rings is 1. The van der Waals surface area contributed by atoms with Crippen LogP contribution in [0.5, 0.6) is 0 Å². The smallest absolute Gasteiger partial charge is 0.239 e. The van der Waals surface area contributed by atoms with Crippen LogP contribution in [0, 0.1) is 5.41 Å². The highest BCUT2D eigenvalue weighted by molar-refractivity contribution is 5.94. The van der Waals surface area contributed by atoms with Gasteiger partial charge in [-0.1, -0.05) is 56.5 Å². The van der Waals surface area contributed by atoms with Crippen molar-refractivity contribution < 1.29 is 14.3 Å². The number of likely N-dealkylation sites (tertiary alicyclic amines) is 2. The summed E-state index contributed by atoms with van der Waals surface area (Å²) in [6, 6.07) is 10.3. The third kappa shape index (κ3) is 5.01. The van der Waals surface area contributed by atoms with Gasteiger partial charge in [-0.25, -0.2) is 0 Å². The molecule has 1 saturated carbocycles. The Morgan fingerprint density at radius 1 is 1.12 bits per heavy atom. The molecule has 2 heterocycles. The number of carbonyl (C=O) groups is 2. The lowest BCUT2D eigenvalue weighted by Gasteiger charge is -2.58. The zero-order chi connectivity index (χ0) is 22.4. The lowest BCUT2D eigenvalue weighted by atomic mass is 9.60. The fraction of sp³-hybridized carbons (Fsp3) is 0.692. The normalized spacial score (nSPS) is 23.8. The molecule has 1 aromatic carbocycles. The van der Waals surface area contributed by atoms with Crippen molar-refractivity contribution in [1.29, 1.82) is 0 Å². The van der Waals surface area contributed by atoms with E-state index in [1.54, 1.807) is 4.90 Å². The van der Waals surface area contributed by atoms with Gasteiger partial charge in [0.2, 0.25) is 11.8 Å². The van der Waals surface area contributed by atoms with Crippen LogP contribution in [0.4, 0.5) is 0 Å². The zero-order valence-corrected chi connectivity index (χ0v) is 19.6. The van der Waals surface area contributed by atoms with Crippen LogP contribution in [-0.2, 0) is 14.3 Å². The fourth-order valence-corrected chi connectivity index (χ4v) is 5.87. The molecule has 3 aliphatic rings. The van der Waals surface area contributed by atoms with Crippen LogP contribution in [0.1, 0.15) is 69.9 Å². The van der Waals surface area contributed by atoms with Crippen molar-refractivity contribution in [3.8, 4) is 0 Å². The number of rotatable bonds is 9. The second-order valence-electron chi connectivity index (χ2n) is 9.67. The van der Waals surface area contributed by atoms with E-state index in [2.05, 4.69) is 29.3 Å². The first-order chi connectivity index (χ1) is 15.6. The number of ether oxygens (including phenoxy) is 1. The van der Waals surface area contributed by atoms with E-state index in [9.17, 15) is 9.59 Å². The second-order valence-corrected chi connectivity index (χ2v) is 9.67. The van der Waals surface area contributed by atoms with Crippen LogP contribution in [0.15, 0.2) is 30.3 Å². The van der Waals surface area contributed by atoms with E-state index in [-0.39, 0.29) is 29.8 Å². The molecule has 2 saturated heterocycles. The SMILES string of the molecule is CCN1CCC(OCCCNC(=O)CN2C(=O)C3(CCCCC3)C2c2ccccc2)CC1. The molecule has 1 unspecified atom stereocenters. The molecule has 6 heteroatoms. The topological polar surface area (TPSA) is 61.9 Å². The highest BCUT2D eigenvalue weighted by Crippen LogP contribution is 2.57. The molecule has 176 valence electrons. The van der Waals surface area contributed by atoms with Crippen molar-refractivity contribution in [2.75, 3.05) is 39.3 Å². The van der Waals surface area contributed by atoms with Gasteiger partial charge in [-0.2, -0.15) is 0 Å². The molecule has 6 nitrogen and oxygen atoms in total. The average molecular weight is 442 g/mol. The van der Waals surface area contributed by atoms with E-state index in [1.165, 1.54) is 6.42 Å². The zero-order valence-electron chi connectivity index (χ0n) is 19.6. The third-order valence-corrected chi connectivity index (χ3v) is 7.68. The van der Waals surface area contributed by atoms with Gasteiger partial charge in [0.05, 0.1) is 17.6 Å². The summed E-state index contributed by atoms with van der Waals surface area (Å²) in [5.41, 5.74) is 0.866. The minimum Gasteiger partial charge on any atom is -0.378 e. The van der Waals surface area contributed by atoms with E-state index >= 15 is 0 Å². The summed E-state index contributed by atoms with van der Waals surface area (Å²) in [5, 5.41) is 3.00. The van der Waals surface area contributed by atoms with Gasteiger partial charge in [-0.05, 0) is 44.2 Å². The summed E-state index contributed by atoms with van der Waals surface area (Å²) in [7, 11) is 0. The molecule has 1 atom stereocenters. The minimum absolute atomic E-state index is 0.0274. The van der Waals surface area contributed by atoms with Crippen molar-refractivity contribution in [3.05, 3.63) is 35.9 Å². The monoisotopic (exact) mass is 441 g/mol. The van der Waals surface area contributed by atoms with Gasteiger partial charge in [0.25, 0.3) is 0 Å². The van der Waals surface area contributed by atoms with Gasteiger partial charge in [0, 0.05) is 26.2 Å². The fourth-order valence-electron chi connectivity index (χ4n) is 5.87. The highest BCUT2D eigenvalue weighted by Gasteiger charge is 2.60. The first-order valence-electron chi connectivity index (χ1n) is 12.6. The summed E-state index contributed by atoms with van der Waals surface area (Å²) in [4.78, 5) is 30.1. The molecule has 3 fully saturated rings. The molecule has 2 amide bonds. The summed E-state index contributed by atoms with van der Waals surface area (Å²) in [5.74, 6) is 0.101. The van der Waals surface area contributed by atoms with E-state index in [1.807, 2.05) is 18.2 Å². The van der Waals surface area contributed by atoms with Gasteiger partial charge < -0.3 is 19.9 Å². The Morgan fingerprint density at radius 3 is 2.53 bits per heavy atom. The Bertz CT molecular complexity index is 755. The molecule has 1 spiro atoms. The molecule has 1 aromatic rings. The Labute approximate surface area is 192 Å². The molecule has 32 heavy (non-hydrogen) atoms. The largest absolute Gasteiger partial charge is 0.378 e. The van der Waals surface area contributed by atoms with Crippen LogP contribution in [0.25, 0.3) is 0 Å². The number of carbonyl (C=O) groups excluding carboxylic acids is 2. The highest BCUT2D eigenvalue weighted by atomic mass is 16.5. The number of piperidine rings is 1. The van der Waals surface area contributed by atoms with Crippen molar-refractivity contribution in [1.82, 2.24) is 15.1 Å². The van der Waals surface area contributed by atoms with Gasteiger partial charge in [0.1, 0.15) is 6.54 Å². The number of hydrogen-bond acceptors (Lipinski definition) is 4. The molecule has 0 aromatic heterocycles. The summed E-state index contributed by atoms with van der Waals surface area (Å²) >= 11 is 0. The maximum atomic E-state index is 13.2. The number of nitrogens with one attached hydrogen (secondary N) is 1. The van der Waals surface area contributed by atoms with Crippen LogP contribution in [0.2, 0.25) is 0 Å². The predicted octanol–water partition coefficient (Wildman–Crippen LogP) is 3.53. The first-order valence-corrected chi connectivity index (χ1v) is 12.6. The van der Waals surface area contributed by atoms with Crippen molar-refractivity contribution in [2.45, 2.75) is 70.4 Å². The quantitative estimate of drug-likeness (QED) is 0.470. The molecule has 4 rings (SSSR count). The van der Waals surface area contributed by atoms with Crippen molar-refractivity contribution in [3.63, 3.8) is 0 Å². The molecular formula is C26H39N3O3. The minimum atomic E-state index is -0.291. The maximum Gasteiger partial charge on any atom is 0.239 e. The van der Waals surface area contributed by atoms with Crippen LogP contribution in [0.3, 0.4) is 0 Å². The predicted molar refractivity (Wildman–Crippen MR) is 125 cm³/mol. The second kappa shape index (κ2) is 10.8. The summed E-state index contributed by atoms with van der Waals surface area (Å²) in [6.07, 6.45) is 8.65. The van der Waals surface area contributed by atoms with Crippen molar-refractivity contribution >= 4 is 11.8 Å². The number of nitrogens with zero attached hydrogens (tertiary/aromatic N) is 2. The van der Waals surface area contributed by atoms with Crippen LogP contribution < -0.4 is 5.32 Å². The number of benzene rings is 1. The Morgan fingerprint density at radius 2 is 1.84 bits per heavy atom. The molecule has 1 aliphatic carbocycles. The summed E-state index contributed by atoms with van der Waals surface area (Å²) < 4.78 is 6.00. The van der Waals surface area contributed by atoms with E-state index in [4.69, 9.17) is 4.74 Å². The van der Waals surface area contributed by atoms with E-state index in [0.29, 0.717) is 19.3 Å². The molecule has 0 radical (unpaired) electrons. The number of hydrogen-bond donors (Lipinski definition) is 1.